The van der Waals surface area contributed by atoms with Crippen LogP contribution in [0.3, 0.4) is 0 Å². The van der Waals surface area contributed by atoms with E-state index in [1.54, 1.807) is 11.3 Å². The van der Waals surface area contributed by atoms with E-state index in [9.17, 15) is 4.79 Å². The molecule has 0 bridgehead atoms. The lowest BCUT2D eigenvalue weighted by molar-refractivity contribution is 0.112. The first-order valence-corrected chi connectivity index (χ1v) is 6.13. The number of fused-ring (bicyclic) bond motifs is 1. The minimum atomic E-state index is 0.389. The number of aldehydes is 1. The molecule has 0 aliphatic carbocycles. The van der Waals surface area contributed by atoms with Gasteiger partial charge < -0.3 is 0 Å². The van der Waals surface area contributed by atoms with E-state index in [-0.39, 0.29) is 0 Å². The Kier molecular flexibility index (Phi) is 2.91. The van der Waals surface area contributed by atoms with Crippen molar-refractivity contribution in [2.75, 3.05) is 0 Å². The van der Waals surface area contributed by atoms with Crippen molar-refractivity contribution in [3.8, 4) is 0 Å². The fourth-order valence-corrected chi connectivity index (χ4v) is 3.47. The Bertz CT molecular complexity index is 492. The lowest BCUT2D eigenvalue weighted by Crippen LogP contribution is -1.82. The van der Waals surface area contributed by atoms with Crippen LogP contribution >= 0.6 is 38.9 Å². The lowest BCUT2D eigenvalue weighted by Gasteiger charge is -1.94. The summed E-state index contributed by atoms with van der Waals surface area (Å²) in [6, 6.07) is 5.88. The maximum atomic E-state index is 10.9. The molecular formula is C10H6BrClOS. The Labute approximate surface area is 98.8 Å². The summed E-state index contributed by atoms with van der Waals surface area (Å²) in [6.45, 7) is 0. The third kappa shape index (κ3) is 1.49. The van der Waals surface area contributed by atoms with Crippen molar-refractivity contribution in [3.05, 3.63) is 33.1 Å². The van der Waals surface area contributed by atoms with Crippen molar-refractivity contribution in [1.82, 2.24) is 0 Å². The van der Waals surface area contributed by atoms with Crippen molar-refractivity contribution in [2.45, 2.75) is 5.88 Å². The Morgan fingerprint density at radius 1 is 1.50 bits per heavy atom. The first-order chi connectivity index (χ1) is 6.77. The molecule has 0 fully saturated rings. The monoisotopic (exact) mass is 288 g/mol. The molecule has 1 heterocycles. The van der Waals surface area contributed by atoms with Crippen molar-refractivity contribution >= 4 is 55.2 Å². The van der Waals surface area contributed by atoms with Crippen LogP contribution in [0.4, 0.5) is 0 Å². The Hall–Kier alpha value is -0.380. The van der Waals surface area contributed by atoms with Crippen molar-refractivity contribution in [1.29, 1.82) is 0 Å². The van der Waals surface area contributed by atoms with E-state index in [2.05, 4.69) is 15.9 Å². The first-order valence-electron chi connectivity index (χ1n) is 3.99. The van der Waals surface area contributed by atoms with Crippen LogP contribution in [-0.4, -0.2) is 6.29 Å². The third-order valence-corrected chi connectivity index (χ3v) is 4.27. The molecule has 1 aromatic carbocycles. The molecule has 0 aliphatic rings. The maximum absolute atomic E-state index is 10.9. The summed E-state index contributed by atoms with van der Waals surface area (Å²) >= 11 is 10.8. The minimum absolute atomic E-state index is 0.389. The van der Waals surface area contributed by atoms with Gasteiger partial charge in [-0.2, -0.15) is 0 Å². The number of rotatable bonds is 2. The molecular weight excluding hydrogens is 284 g/mol. The summed E-state index contributed by atoms with van der Waals surface area (Å²) in [5, 5.41) is 0.975. The van der Waals surface area contributed by atoms with Gasteiger partial charge >= 0.3 is 0 Å². The number of thiophene rings is 1. The molecule has 0 saturated heterocycles. The SMILES string of the molecule is O=Cc1c(CCl)sc2cccc(Br)c12. The van der Waals surface area contributed by atoms with E-state index >= 15 is 0 Å². The van der Waals surface area contributed by atoms with E-state index in [1.165, 1.54) is 0 Å². The number of hydrogen-bond donors (Lipinski definition) is 0. The molecule has 0 spiro atoms. The predicted molar refractivity (Wildman–Crippen MR) is 64.5 cm³/mol. The van der Waals surface area contributed by atoms with Crippen LogP contribution in [0, 0.1) is 0 Å². The summed E-state index contributed by atoms with van der Waals surface area (Å²) in [5.74, 6) is 0.389. The first kappa shape index (κ1) is 10.1. The van der Waals surface area contributed by atoms with E-state index in [0.29, 0.717) is 11.4 Å². The molecule has 1 nitrogen and oxygen atoms in total. The van der Waals surface area contributed by atoms with Crippen LogP contribution in [0.5, 0.6) is 0 Å². The molecule has 1 aromatic heterocycles. The maximum Gasteiger partial charge on any atom is 0.151 e. The molecule has 0 amide bonds. The fraction of sp³-hybridized carbons (Fsp3) is 0.100. The summed E-state index contributed by atoms with van der Waals surface area (Å²) in [7, 11) is 0. The molecule has 2 aromatic rings. The quantitative estimate of drug-likeness (QED) is 0.598. The highest BCUT2D eigenvalue weighted by Crippen LogP contribution is 2.35. The average molecular weight is 290 g/mol. The Morgan fingerprint density at radius 3 is 2.93 bits per heavy atom. The van der Waals surface area contributed by atoms with Gasteiger partial charge in [0.1, 0.15) is 0 Å². The van der Waals surface area contributed by atoms with Gasteiger partial charge in [-0.15, -0.1) is 22.9 Å². The zero-order valence-corrected chi connectivity index (χ0v) is 10.2. The fourth-order valence-electron chi connectivity index (χ4n) is 1.40. The second kappa shape index (κ2) is 4.01. The topological polar surface area (TPSA) is 17.1 Å². The van der Waals surface area contributed by atoms with Gasteiger partial charge in [-0.05, 0) is 12.1 Å². The molecule has 0 radical (unpaired) electrons. The number of halogens is 2. The molecule has 0 aliphatic heterocycles. The van der Waals surface area contributed by atoms with Crippen LogP contribution < -0.4 is 0 Å². The van der Waals surface area contributed by atoms with Gasteiger partial charge in [0, 0.05) is 25.0 Å². The van der Waals surface area contributed by atoms with E-state index in [1.807, 2.05) is 18.2 Å². The number of carbonyl (C=O) groups excluding carboxylic acids is 1. The average Bonchev–Trinajstić information content (AvgIpc) is 2.56. The summed E-state index contributed by atoms with van der Waals surface area (Å²) in [5.41, 5.74) is 0.715. The van der Waals surface area contributed by atoms with Gasteiger partial charge in [-0.25, -0.2) is 0 Å². The molecule has 14 heavy (non-hydrogen) atoms. The van der Waals surface area contributed by atoms with Crippen LogP contribution in [0.15, 0.2) is 22.7 Å². The summed E-state index contributed by atoms with van der Waals surface area (Å²) in [6.07, 6.45) is 0.876. The molecule has 0 unspecified atom stereocenters. The van der Waals surface area contributed by atoms with Crippen LogP contribution in [-0.2, 0) is 5.88 Å². The Morgan fingerprint density at radius 2 is 2.29 bits per heavy atom. The van der Waals surface area contributed by atoms with Gasteiger partial charge in [-0.3, -0.25) is 4.79 Å². The molecule has 2 rings (SSSR count). The van der Waals surface area contributed by atoms with Crippen LogP contribution in [0.25, 0.3) is 10.1 Å². The Balaban J connectivity index is 2.88. The zero-order chi connectivity index (χ0) is 10.1. The molecule has 4 heteroatoms. The smallest absolute Gasteiger partial charge is 0.151 e. The van der Waals surface area contributed by atoms with Gasteiger partial charge in [0.05, 0.1) is 5.88 Å². The molecule has 0 N–H and O–H groups in total. The van der Waals surface area contributed by atoms with E-state index < -0.39 is 0 Å². The third-order valence-electron chi connectivity index (χ3n) is 2.02. The zero-order valence-electron chi connectivity index (χ0n) is 7.09. The summed E-state index contributed by atoms with van der Waals surface area (Å²) in [4.78, 5) is 11.9. The largest absolute Gasteiger partial charge is 0.298 e. The van der Waals surface area contributed by atoms with Crippen molar-refractivity contribution in [3.63, 3.8) is 0 Å². The van der Waals surface area contributed by atoms with Crippen LogP contribution in [0.1, 0.15) is 15.2 Å². The van der Waals surface area contributed by atoms with Gasteiger partial charge in [0.15, 0.2) is 6.29 Å². The van der Waals surface area contributed by atoms with E-state index in [4.69, 9.17) is 11.6 Å². The highest BCUT2D eigenvalue weighted by atomic mass is 79.9. The minimum Gasteiger partial charge on any atom is -0.298 e. The normalized spacial score (nSPS) is 10.7. The number of carbonyl (C=O) groups is 1. The molecule has 0 saturated carbocycles. The summed E-state index contributed by atoms with van der Waals surface area (Å²) < 4.78 is 2.04. The van der Waals surface area contributed by atoms with Crippen LogP contribution in [0.2, 0.25) is 0 Å². The number of benzene rings is 1. The standard InChI is InChI=1S/C10H6BrClOS/c11-7-2-1-3-8-10(7)6(5-13)9(4-12)14-8/h1-3,5H,4H2. The lowest BCUT2D eigenvalue weighted by atomic mass is 10.1. The highest BCUT2D eigenvalue weighted by Gasteiger charge is 2.12. The van der Waals surface area contributed by atoms with Gasteiger partial charge in [0.25, 0.3) is 0 Å². The number of hydrogen-bond acceptors (Lipinski definition) is 2. The number of alkyl halides is 1. The van der Waals surface area contributed by atoms with Crippen molar-refractivity contribution in [2.24, 2.45) is 0 Å². The second-order valence-corrected chi connectivity index (χ2v) is 5.06. The van der Waals surface area contributed by atoms with Gasteiger partial charge in [0.2, 0.25) is 0 Å². The predicted octanol–water partition coefficient (Wildman–Crippen LogP) is 4.22. The molecule has 72 valence electrons. The second-order valence-electron chi connectivity index (χ2n) is 2.80. The van der Waals surface area contributed by atoms with E-state index in [0.717, 1.165) is 25.7 Å². The van der Waals surface area contributed by atoms with Gasteiger partial charge in [-0.1, -0.05) is 22.0 Å². The highest BCUT2D eigenvalue weighted by molar-refractivity contribution is 9.10. The molecule has 0 atom stereocenters. The van der Waals surface area contributed by atoms with Crippen molar-refractivity contribution < 1.29 is 4.79 Å².